The Balaban J connectivity index is 2.22. The second kappa shape index (κ2) is 5.00. The van der Waals surface area contributed by atoms with Crippen molar-refractivity contribution in [1.29, 1.82) is 0 Å². The Labute approximate surface area is 127 Å². The van der Waals surface area contributed by atoms with Gasteiger partial charge in [-0.05, 0) is 29.1 Å². The average Bonchev–Trinajstić information content (AvgIpc) is 2.95. The second-order valence-corrected chi connectivity index (χ2v) is 6.21. The van der Waals surface area contributed by atoms with Crippen LogP contribution >= 0.6 is 38.9 Å². The molecule has 0 bridgehead atoms. The number of nitrogens with one attached hydrogen (secondary N) is 1. The molecular formula is C13H9BrClN3S. The van der Waals surface area contributed by atoms with Crippen LogP contribution in [0.1, 0.15) is 0 Å². The van der Waals surface area contributed by atoms with Gasteiger partial charge in [0, 0.05) is 4.47 Å². The van der Waals surface area contributed by atoms with E-state index in [-0.39, 0.29) is 0 Å². The Morgan fingerprint density at radius 3 is 2.84 bits per heavy atom. The zero-order valence-corrected chi connectivity index (χ0v) is 12.8. The van der Waals surface area contributed by atoms with Gasteiger partial charge < -0.3 is 5.73 Å². The summed E-state index contributed by atoms with van der Waals surface area (Å²) >= 11 is 11.2. The number of thiophene rings is 1. The fraction of sp³-hybridized carbons (Fsp3) is 0. The molecule has 0 fully saturated rings. The highest BCUT2D eigenvalue weighted by atomic mass is 79.9. The summed E-state index contributed by atoms with van der Waals surface area (Å²) in [6.45, 7) is 0. The molecule has 0 saturated heterocycles. The number of hydrogen-bond donors (Lipinski definition) is 2. The Bertz CT molecular complexity index is 735. The molecule has 3 nitrogen and oxygen atoms in total. The first-order valence-corrected chi connectivity index (χ1v) is 7.55. The predicted molar refractivity (Wildman–Crippen MR) is 84.5 cm³/mol. The molecule has 19 heavy (non-hydrogen) atoms. The number of hydrogen-bond acceptors (Lipinski definition) is 3. The summed E-state index contributed by atoms with van der Waals surface area (Å²) < 4.78 is 0.994. The van der Waals surface area contributed by atoms with Crippen molar-refractivity contribution in [2.45, 2.75) is 0 Å². The van der Waals surface area contributed by atoms with Gasteiger partial charge in [0.15, 0.2) is 5.82 Å². The lowest BCUT2D eigenvalue weighted by Crippen LogP contribution is -1.88. The highest BCUT2D eigenvalue weighted by Crippen LogP contribution is 2.40. The molecule has 0 amide bonds. The molecule has 0 atom stereocenters. The zero-order chi connectivity index (χ0) is 13.4. The predicted octanol–water partition coefficient (Wildman–Crippen LogP) is 4.80. The van der Waals surface area contributed by atoms with E-state index in [2.05, 4.69) is 26.1 Å². The van der Waals surface area contributed by atoms with Crippen LogP contribution in [0.2, 0.25) is 5.02 Å². The number of H-pyrrole nitrogens is 1. The van der Waals surface area contributed by atoms with Crippen molar-refractivity contribution in [3.63, 3.8) is 0 Å². The van der Waals surface area contributed by atoms with Crippen LogP contribution in [-0.4, -0.2) is 10.2 Å². The van der Waals surface area contributed by atoms with Crippen LogP contribution < -0.4 is 5.73 Å². The van der Waals surface area contributed by atoms with Crippen LogP contribution in [0.25, 0.3) is 21.7 Å². The molecular weight excluding hydrogens is 346 g/mol. The molecule has 0 aliphatic carbocycles. The Morgan fingerprint density at radius 1 is 1.32 bits per heavy atom. The number of rotatable bonds is 2. The summed E-state index contributed by atoms with van der Waals surface area (Å²) in [7, 11) is 0. The van der Waals surface area contributed by atoms with E-state index in [0.29, 0.717) is 10.8 Å². The first kappa shape index (κ1) is 12.7. The van der Waals surface area contributed by atoms with Crippen molar-refractivity contribution in [3.8, 4) is 21.7 Å². The standard InChI is InChI=1S/C13H9BrClN3S/c14-8-3-1-2-7(6-8)10-11(17-18-13(10)16)12-9(15)4-5-19-12/h1-6H,(H3,16,17,18). The summed E-state index contributed by atoms with van der Waals surface area (Å²) in [4.78, 5) is 0.945. The largest absolute Gasteiger partial charge is 0.382 e. The molecule has 2 heterocycles. The first-order chi connectivity index (χ1) is 9.16. The number of benzene rings is 1. The van der Waals surface area contributed by atoms with E-state index in [1.54, 1.807) is 11.3 Å². The van der Waals surface area contributed by atoms with Gasteiger partial charge in [-0.1, -0.05) is 39.7 Å². The minimum atomic E-state index is 0.470. The SMILES string of the molecule is Nc1n[nH]c(-c2sccc2Cl)c1-c1cccc(Br)c1. The fourth-order valence-electron chi connectivity index (χ4n) is 1.93. The average molecular weight is 355 g/mol. The molecule has 2 aromatic heterocycles. The van der Waals surface area contributed by atoms with Crippen molar-refractivity contribution in [3.05, 3.63) is 45.2 Å². The highest BCUT2D eigenvalue weighted by Gasteiger charge is 2.17. The number of aromatic nitrogens is 2. The molecule has 3 N–H and O–H groups in total. The second-order valence-electron chi connectivity index (χ2n) is 3.97. The normalized spacial score (nSPS) is 10.8. The van der Waals surface area contributed by atoms with Crippen molar-refractivity contribution in [2.75, 3.05) is 5.73 Å². The number of aromatic amines is 1. The Kier molecular flexibility index (Phi) is 3.35. The van der Waals surface area contributed by atoms with Crippen LogP contribution in [-0.2, 0) is 0 Å². The van der Waals surface area contributed by atoms with Gasteiger partial charge in [-0.25, -0.2) is 0 Å². The van der Waals surface area contributed by atoms with E-state index in [1.807, 2.05) is 35.7 Å². The quantitative estimate of drug-likeness (QED) is 0.694. The van der Waals surface area contributed by atoms with Crippen molar-refractivity contribution < 1.29 is 0 Å². The molecule has 0 saturated carbocycles. The molecule has 0 spiro atoms. The number of nitrogen functional groups attached to an aromatic ring is 1. The van der Waals surface area contributed by atoms with Crippen molar-refractivity contribution >= 4 is 44.7 Å². The van der Waals surface area contributed by atoms with Gasteiger partial charge in [0.25, 0.3) is 0 Å². The van der Waals surface area contributed by atoms with Gasteiger partial charge in [-0.15, -0.1) is 11.3 Å². The van der Waals surface area contributed by atoms with Gasteiger partial charge >= 0.3 is 0 Å². The van der Waals surface area contributed by atoms with Gasteiger partial charge in [0.1, 0.15) is 0 Å². The van der Waals surface area contributed by atoms with Crippen LogP contribution in [0, 0.1) is 0 Å². The molecule has 0 aliphatic rings. The maximum Gasteiger partial charge on any atom is 0.153 e. The van der Waals surface area contributed by atoms with Crippen LogP contribution in [0.4, 0.5) is 5.82 Å². The minimum Gasteiger partial charge on any atom is -0.382 e. The van der Waals surface area contributed by atoms with E-state index in [1.165, 1.54) is 0 Å². The van der Waals surface area contributed by atoms with Crippen molar-refractivity contribution in [1.82, 2.24) is 10.2 Å². The molecule has 0 radical (unpaired) electrons. The molecule has 6 heteroatoms. The summed E-state index contributed by atoms with van der Waals surface area (Å²) in [5.41, 5.74) is 8.72. The summed E-state index contributed by atoms with van der Waals surface area (Å²) in [5.74, 6) is 0.470. The minimum absolute atomic E-state index is 0.470. The molecule has 3 rings (SSSR count). The van der Waals surface area contributed by atoms with Crippen LogP contribution in [0.3, 0.4) is 0 Å². The monoisotopic (exact) mass is 353 g/mol. The molecule has 0 unspecified atom stereocenters. The maximum atomic E-state index is 6.19. The zero-order valence-electron chi connectivity index (χ0n) is 9.65. The lowest BCUT2D eigenvalue weighted by molar-refractivity contribution is 1.11. The number of halogens is 2. The van der Waals surface area contributed by atoms with E-state index >= 15 is 0 Å². The summed E-state index contributed by atoms with van der Waals surface area (Å²) in [6, 6.07) is 9.80. The van der Waals surface area contributed by atoms with E-state index in [4.69, 9.17) is 17.3 Å². The Morgan fingerprint density at radius 2 is 2.16 bits per heavy atom. The highest BCUT2D eigenvalue weighted by molar-refractivity contribution is 9.10. The van der Waals surface area contributed by atoms with E-state index in [9.17, 15) is 0 Å². The van der Waals surface area contributed by atoms with Gasteiger partial charge in [-0.2, -0.15) is 5.10 Å². The topological polar surface area (TPSA) is 54.7 Å². The maximum absolute atomic E-state index is 6.19. The third-order valence-electron chi connectivity index (χ3n) is 2.75. The smallest absolute Gasteiger partial charge is 0.153 e. The van der Waals surface area contributed by atoms with Crippen LogP contribution in [0.5, 0.6) is 0 Å². The summed E-state index contributed by atoms with van der Waals surface area (Å²) in [5, 5.41) is 9.72. The lowest BCUT2D eigenvalue weighted by Gasteiger charge is -2.04. The third-order valence-corrected chi connectivity index (χ3v) is 4.60. The first-order valence-electron chi connectivity index (χ1n) is 5.50. The van der Waals surface area contributed by atoms with Crippen molar-refractivity contribution in [2.24, 2.45) is 0 Å². The van der Waals surface area contributed by atoms with Gasteiger partial charge in [0.2, 0.25) is 0 Å². The molecule has 96 valence electrons. The molecule has 1 aromatic carbocycles. The third kappa shape index (κ3) is 2.29. The van der Waals surface area contributed by atoms with Crippen LogP contribution in [0.15, 0.2) is 40.2 Å². The summed E-state index contributed by atoms with van der Waals surface area (Å²) in [6.07, 6.45) is 0. The fourth-order valence-corrected chi connectivity index (χ4v) is 3.48. The molecule has 3 aromatic rings. The number of nitrogens with two attached hydrogens (primary N) is 1. The van der Waals surface area contributed by atoms with Gasteiger partial charge in [-0.3, -0.25) is 5.10 Å². The van der Waals surface area contributed by atoms with E-state index in [0.717, 1.165) is 26.2 Å². The Hall–Kier alpha value is -1.30. The van der Waals surface area contributed by atoms with Gasteiger partial charge in [0.05, 0.1) is 21.2 Å². The lowest BCUT2D eigenvalue weighted by atomic mass is 10.0. The molecule has 0 aliphatic heterocycles. The van der Waals surface area contributed by atoms with E-state index < -0.39 is 0 Å². The number of nitrogens with zero attached hydrogens (tertiary/aromatic N) is 1. The number of anilines is 1.